The Morgan fingerprint density at radius 2 is 1.79 bits per heavy atom. The van der Waals surface area contributed by atoms with Crippen LogP contribution < -0.4 is 10.1 Å². The zero-order valence-corrected chi connectivity index (χ0v) is 18.3. The minimum atomic E-state index is -0.997. The lowest BCUT2D eigenvalue weighted by Gasteiger charge is -2.41. The lowest BCUT2D eigenvalue weighted by atomic mass is 9.77. The van der Waals surface area contributed by atoms with Gasteiger partial charge in [-0.3, -0.25) is 9.59 Å². The number of nitrogens with zero attached hydrogens (tertiary/aromatic N) is 1. The van der Waals surface area contributed by atoms with Crippen LogP contribution in [0.3, 0.4) is 0 Å². The number of carbonyl (C=O) groups is 2. The molecule has 1 fully saturated rings. The van der Waals surface area contributed by atoms with Gasteiger partial charge in [0.1, 0.15) is 18.0 Å². The minimum absolute atomic E-state index is 0.0109. The number of aliphatic hydroxyl groups is 2. The quantitative estimate of drug-likeness (QED) is 0.599. The van der Waals surface area contributed by atoms with E-state index >= 15 is 0 Å². The highest BCUT2D eigenvalue weighted by Crippen LogP contribution is 2.47. The van der Waals surface area contributed by atoms with E-state index in [0.717, 1.165) is 24.0 Å². The monoisotopic (exact) mass is 448 g/mol. The first-order valence-electron chi connectivity index (χ1n) is 11.5. The van der Waals surface area contributed by atoms with Crippen molar-refractivity contribution in [3.63, 3.8) is 0 Å². The first-order valence-corrected chi connectivity index (χ1v) is 11.5. The Labute approximate surface area is 192 Å². The van der Waals surface area contributed by atoms with Crippen molar-refractivity contribution in [2.75, 3.05) is 13.2 Å². The topological polar surface area (TPSA) is 99.1 Å². The van der Waals surface area contributed by atoms with Gasteiger partial charge in [0, 0.05) is 30.1 Å². The molecule has 0 spiro atoms. The molecule has 2 aromatic rings. The lowest BCUT2D eigenvalue weighted by molar-refractivity contribution is -0.139. The van der Waals surface area contributed by atoms with Crippen LogP contribution in [0.4, 0.5) is 0 Å². The van der Waals surface area contributed by atoms with Crippen molar-refractivity contribution in [3.05, 3.63) is 77.4 Å². The smallest absolute Gasteiger partial charge is 0.247 e. The Hall–Kier alpha value is -3.16. The summed E-state index contributed by atoms with van der Waals surface area (Å²) in [5.74, 6) is -0.185. The van der Waals surface area contributed by atoms with Crippen molar-refractivity contribution in [2.24, 2.45) is 5.92 Å². The maximum Gasteiger partial charge on any atom is 0.247 e. The molecule has 7 nitrogen and oxygen atoms in total. The molecule has 0 aromatic heterocycles. The molecule has 3 aliphatic rings. The Morgan fingerprint density at radius 3 is 2.52 bits per heavy atom. The molecular weight excluding hydrogens is 420 g/mol. The molecule has 1 saturated carbocycles. The number of ether oxygens (including phenoxy) is 1. The molecule has 2 aliphatic carbocycles. The first kappa shape index (κ1) is 21.7. The Kier molecular flexibility index (Phi) is 5.91. The second kappa shape index (κ2) is 9.00. The highest BCUT2D eigenvalue weighted by atomic mass is 16.5. The summed E-state index contributed by atoms with van der Waals surface area (Å²) in [7, 11) is 0. The van der Waals surface area contributed by atoms with Crippen LogP contribution in [-0.4, -0.2) is 58.3 Å². The van der Waals surface area contributed by atoms with Crippen molar-refractivity contribution < 1.29 is 24.5 Å². The lowest BCUT2D eigenvalue weighted by Crippen LogP contribution is -2.55. The van der Waals surface area contributed by atoms with Crippen molar-refractivity contribution in [1.29, 1.82) is 0 Å². The van der Waals surface area contributed by atoms with Gasteiger partial charge in [0.25, 0.3) is 0 Å². The Bertz CT molecular complexity index is 1070. The zero-order chi connectivity index (χ0) is 22.9. The van der Waals surface area contributed by atoms with E-state index in [-0.39, 0.29) is 30.9 Å². The summed E-state index contributed by atoms with van der Waals surface area (Å²) >= 11 is 0. The average molecular weight is 449 g/mol. The van der Waals surface area contributed by atoms with Crippen molar-refractivity contribution in [2.45, 2.75) is 43.6 Å². The molecule has 3 N–H and O–H groups in total. The molecule has 33 heavy (non-hydrogen) atoms. The van der Waals surface area contributed by atoms with Crippen LogP contribution in [-0.2, 0) is 16.1 Å². The van der Waals surface area contributed by atoms with Gasteiger partial charge in [0.15, 0.2) is 0 Å². The second-order valence-electron chi connectivity index (χ2n) is 8.91. The summed E-state index contributed by atoms with van der Waals surface area (Å²) in [4.78, 5) is 28.1. The van der Waals surface area contributed by atoms with Gasteiger partial charge in [0.2, 0.25) is 11.8 Å². The molecule has 0 bridgehead atoms. The molecule has 2 amide bonds. The summed E-state index contributed by atoms with van der Waals surface area (Å²) in [6.07, 6.45) is 1.73. The van der Waals surface area contributed by atoms with E-state index in [1.165, 1.54) is 0 Å². The number of aliphatic hydroxyl groups excluding tert-OH is 2. The van der Waals surface area contributed by atoms with Gasteiger partial charge in [0.05, 0.1) is 18.6 Å². The maximum absolute atomic E-state index is 13.3. The van der Waals surface area contributed by atoms with Crippen LogP contribution in [0.5, 0.6) is 5.75 Å². The number of nitrogens with one attached hydrogen (secondary N) is 1. The fourth-order valence-electron chi connectivity index (χ4n) is 4.87. The van der Waals surface area contributed by atoms with E-state index in [4.69, 9.17) is 4.74 Å². The highest BCUT2D eigenvalue weighted by molar-refractivity contribution is 5.96. The molecule has 0 radical (unpaired) electrons. The van der Waals surface area contributed by atoms with E-state index in [9.17, 15) is 19.8 Å². The number of benzene rings is 2. The zero-order valence-electron chi connectivity index (χ0n) is 18.3. The van der Waals surface area contributed by atoms with Gasteiger partial charge < -0.3 is 25.2 Å². The molecule has 172 valence electrons. The SMILES string of the molecule is O=C(NCCO)C1=CC(N(Cc2ccccc2)C(=O)C2CC2)C(O)C2Oc3ccccc3C12. The van der Waals surface area contributed by atoms with Gasteiger partial charge in [-0.25, -0.2) is 0 Å². The van der Waals surface area contributed by atoms with Crippen molar-refractivity contribution >= 4 is 11.8 Å². The van der Waals surface area contributed by atoms with Crippen molar-refractivity contribution in [1.82, 2.24) is 10.2 Å². The summed E-state index contributed by atoms with van der Waals surface area (Å²) in [5.41, 5.74) is 2.25. The van der Waals surface area contributed by atoms with Gasteiger partial charge in [-0.05, 0) is 30.5 Å². The predicted molar refractivity (Wildman–Crippen MR) is 121 cm³/mol. The molecule has 0 saturated heterocycles. The van der Waals surface area contributed by atoms with Crippen molar-refractivity contribution in [3.8, 4) is 5.75 Å². The Balaban J connectivity index is 1.54. The molecule has 1 aliphatic heterocycles. The summed E-state index contributed by atoms with van der Waals surface area (Å²) in [5, 5.41) is 23.4. The minimum Gasteiger partial charge on any atom is -0.486 e. The van der Waals surface area contributed by atoms with E-state index < -0.39 is 24.2 Å². The number of fused-ring (bicyclic) bond motifs is 3. The largest absolute Gasteiger partial charge is 0.486 e. The number of hydrogen-bond donors (Lipinski definition) is 3. The van der Waals surface area contributed by atoms with Crippen LogP contribution in [0, 0.1) is 5.92 Å². The first-order chi connectivity index (χ1) is 16.1. The highest BCUT2D eigenvalue weighted by Gasteiger charge is 2.51. The van der Waals surface area contributed by atoms with Gasteiger partial charge >= 0.3 is 0 Å². The predicted octanol–water partition coefficient (Wildman–Crippen LogP) is 1.75. The molecule has 4 unspecified atom stereocenters. The van der Waals surface area contributed by atoms with Crippen LogP contribution >= 0.6 is 0 Å². The van der Waals surface area contributed by atoms with Crippen LogP contribution in [0.1, 0.15) is 29.9 Å². The number of para-hydroxylation sites is 1. The number of carbonyl (C=O) groups excluding carboxylic acids is 2. The average Bonchev–Trinajstić information content (AvgIpc) is 3.62. The maximum atomic E-state index is 13.3. The Morgan fingerprint density at radius 1 is 1.06 bits per heavy atom. The summed E-state index contributed by atoms with van der Waals surface area (Å²) in [6.45, 7) is 0.287. The van der Waals surface area contributed by atoms with Crippen LogP contribution in [0.15, 0.2) is 66.2 Å². The summed E-state index contributed by atoms with van der Waals surface area (Å²) in [6, 6.07) is 16.4. The van der Waals surface area contributed by atoms with Crippen LogP contribution in [0.25, 0.3) is 0 Å². The third-order valence-corrected chi connectivity index (χ3v) is 6.64. The number of amides is 2. The molecule has 5 rings (SSSR count). The van der Waals surface area contributed by atoms with E-state index in [0.29, 0.717) is 17.9 Å². The van der Waals surface area contributed by atoms with E-state index in [2.05, 4.69) is 5.32 Å². The summed E-state index contributed by atoms with van der Waals surface area (Å²) < 4.78 is 6.14. The molecule has 2 aromatic carbocycles. The molecule has 1 heterocycles. The molecule has 7 heteroatoms. The van der Waals surface area contributed by atoms with E-state index in [1.54, 1.807) is 11.0 Å². The molecular formula is C26H28N2O5. The van der Waals surface area contributed by atoms with Crippen LogP contribution in [0.2, 0.25) is 0 Å². The number of hydrogen-bond acceptors (Lipinski definition) is 5. The fraction of sp³-hybridized carbons (Fsp3) is 0.385. The second-order valence-corrected chi connectivity index (χ2v) is 8.91. The standard InChI is InChI=1S/C26H28N2O5/c29-13-12-27-25(31)19-14-20(23(30)24-22(19)18-8-4-5-9-21(18)33-24)28(26(32)17-10-11-17)15-16-6-2-1-3-7-16/h1-9,14,17,20,22-24,29-30H,10-13,15H2,(H,27,31). The van der Waals surface area contributed by atoms with Gasteiger partial charge in [-0.15, -0.1) is 0 Å². The van der Waals surface area contributed by atoms with Gasteiger partial charge in [-0.2, -0.15) is 0 Å². The fourth-order valence-corrected chi connectivity index (χ4v) is 4.87. The third-order valence-electron chi connectivity index (χ3n) is 6.64. The van der Waals surface area contributed by atoms with E-state index in [1.807, 2.05) is 54.6 Å². The third kappa shape index (κ3) is 4.14. The normalized spacial score (nSPS) is 25.3. The van der Waals surface area contributed by atoms with Gasteiger partial charge in [-0.1, -0.05) is 48.5 Å². The number of rotatable bonds is 7. The molecule has 4 atom stereocenters.